The summed E-state index contributed by atoms with van der Waals surface area (Å²) in [6.45, 7) is 9.29. The molecule has 3 atom stereocenters. The first-order valence-electron chi connectivity index (χ1n) is 13.7. The molecule has 1 amide bonds. The van der Waals surface area contributed by atoms with Crippen molar-refractivity contribution >= 4 is 61.2 Å². The Morgan fingerprint density at radius 1 is 1.24 bits per heavy atom. The fourth-order valence-electron chi connectivity index (χ4n) is 3.41. The number of nitrogens with one attached hydrogen (secondary N) is 1. The molecule has 18 heteroatoms. The highest BCUT2D eigenvalue weighted by Crippen LogP contribution is 2.37. The molecule has 0 radical (unpaired) electrons. The molecule has 1 unspecified atom stereocenters. The number of carbonyl (C=O) groups is 1. The molecule has 1 fully saturated rings. The van der Waals surface area contributed by atoms with Crippen LogP contribution in [-0.4, -0.2) is 105 Å². The summed E-state index contributed by atoms with van der Waals surface area (Å²) in [6.07, 6.45) is -3.36. The summed E-state index contributed by atoms with van der Waals surface area (Å²) in [4.78, 5) is 34.1. The third kappa shape index (κ3) is 14.8. The van der Waals surface area contributed by atoms with Crippen LogP contribution in [0.4, 0.5) is 19.0 Å². The number of amides is 1. The highest BCUT2D eigenvalue weighted by atomic mass is 33.1. The van der Waals surface area contributed by atoms with E-state index >= 15 is 0 Å². The maximum Gasteiger partial charge on any atom is 0.471 e. The summed E-state index contributed by atoms with van der Waals surface area (Å²) in [5.74, 6) is 4.52. The predicted molar refractivity (Wildman–Crippen MR) is 177 cm³/mol. The van der Waals surface area contributed by atoms with Crippen LogP contribution in [-0.2, 0) is 19.0 Å². The SMILES string of the molecule is CN(C)C=Nc1nc(=O)n([C@H]2CC(OCSSC(C)(C)C)[C@@H](CO)O2)cc1C#CCOCSSC(C)(C)CNC(=O)C(F)(F)F. The van der Waals surface area contributed by atoms with Crippen molar-refractivity contribution in [3.8, 4) is 11.8 Å². The maximum absolute atomic E-state index is 13.0. The third-order valence-corrected chi connectivity index (χ3v) is 11.4. The zero-order valence-electron chi connectivity index (χ0n) is 26.2. The Morgan fingerprint density at radius 3 is 2.56 bits per heavy atom. The second-order valence-electron chi connectivity index (χ2n) is 11.5. The fourth-order valence-corrected chi connectivity index (χ4v) is 7.55. The van der Waals surface area contributed by atoms with Crippen LogP contribution in [0.1, 0.15) is 52.8 Å². The second-order valence-corrected chi connectivity index (χ2v) is 17.5. The van der Waals surface area contributed by atoms with Crippen molar-refractivity contribution in [1.82, 2.24) is 19.8 Å². The average molecular weight is 716 g/mol. The maximum atomic E-state index is 13.0. The highest BCUT2D eigenvalue weighted by Gasteiger charge is 2.39. The largest absolute Gasteiger partial charge is 0.471 e. The van der Waals surface area contributed by atoms with Gasteiger partial charge in [0, 0.05) is 42.8 Å². The van der Waals surface area contributed by atoms with Gasteiger partial charge >= 0.3 is 17.8 Å². The van der Waals surface area contributed by atoms with Crippen LogP contribution in [0, 0.1) is 11.8 Å². The quantitative estimate of drug-likeness (QED) is 0.0666. The van der Waals surface area contributed by atoms with Crippen molar-refractivity contribution in [2.75, 3.05) is 45.7 Å². The molecule has 0 aliphatic carbocycles. The van der Waals surface area contributed by atoms with Gasteiger partial charge in [-0.05, 0) is 13.8 Å². The molecule has 45 heavy (non-hydrogen) atoms. The molecule has 11 nitrogen and oxygen atoms in total. The lowest BCUT2D eigenvalue weighted by Gasteiger charge is -2.23. The van der Waals surface area contributed by atoms with Gasteiger partial charge in [-0.3, -0.25) is 9.36 Å². The first-order valence-corrected chi connectivity index (χ1v) is 18.3. The van der Waals surface area contributed by atoms with Gasteiger partial charge in [0.1, 0.15) is 30.8 Å². The zero-order valence-corrected chi connectivity index (χ0v) is 29.4. The smallest absolute Gasteiger partial charge is 0.394 e. The van der Waals surface area contributed by atoms with Gasteiger partial charge in [0.05, 0.1) is 24.6 Å². The average Bonchev–Trinajstić information content (AvgIpc) is 3.34. The third-order valence-electron chi connectivity index (χ3n) is 5.40. The number of aliphatic hydroxyl groups excluding tert-OH is 1. The first kappa shape index (κ1) is 39.6. The molecular weight excluding hydrogens is 676 g/mol. The summed E-state index contributed by atoms with van der Waals surface area (Å²) < 4.78 is 55.4. The number of hydrogen-bond donors (Lipinski definition) is 2. The van der Waals surface area contributed by atoms with Crippen molar-refractivity contribution in [3.05, 3.63) is 22.2 Å². The summed E-state index contributed by atoms with van der Waals surface area (Å²) in [5.41, 5.74) is -0.240. The second kappa shape index (κ2) is 18.1. The van der Waals surface area contributed by atoms with Crippen molar-refractivity contribution in [2.45, 2.75) is 75.1 Å². The lowest BCUT2D eigenvalue weighted by Crippen LogP contribution is -2.42. The molecule has 0 aromatic carbocycles. The molecule has 2 rings (SSSR count). The van der Waals surface area contributed by atoms with Crippen LogP contribution < -0.4 is 11.0 Å². The fraction of sp³-hybridized carbons (Fsp3) is 0.704. The van der Waals surface area contributed by atoms with Crippen LogP contribution in [0.5, 0.6) is 0 Å². The minimum atomic E-state index is -4.93. The van der Waals surface area contributed by atoms with E-state index in [1.54, 1.807) is 54.4 Å². The summed E-state index contributed by atoms with van der Waals surface area (Å²) >= 11 is 0. The Kier molecular flexibility index (Phi) is 15.9. The van der Waals surface area contributed by atoms with Gasteiger partial charge in [-0.1, -0.05) is 75.8 Å². The van der Waals surface area contributed by atoms with Gasteiger partial charge in [0.2, 0.25) is 0 Å². The first-order chi connectivity index (χ1) is 20.9. The number of halogens is 3. The van der Waals surface area contributed by atoms with Gasteiger partial charge in [-0.2, -0.15) is 18.2 Å². The summed E-state index contributed by atoms with van der Waals surface area (Å²) in [6, 6.07) is 0. The topological polar surface area (TPSA) is 128 Å². The van der Waals surface area contributed by atoms with E-state index in [4.69, 9.17) is 14.2 Å². The van der Waals surface area contributed by atoms with Crippen LogP contribution in [0.25, 0.3) is 0 Å². The minimum Gasteiger partial charge on any atom is -0.394 e. The number of carbonyl (C=O) groups excluding carboxylic acids is 1. The number of nitrogens with zero attached hydrogens (tertiary/aromatic N) is 4. The van der Waals surface area contributed by atoms with Gasteiger partial charge in [0.15, 0.2) is 5.82 Å². The molecule has 2 heterocycles. The molecule has 1 saturated heterocycles. The molecule has 1 aromatic rings. The monoisotopic (exact) mass is 715 g/mol. The standard InChI is InChI=1S/C27H40F3N5O6S4/c1-25(2,3)44-43-17-40-19-11-21(41-20(19)13-36)35-12-18(22(33-24(35)38)32-15-34(6)7)9-8-10-39-16-42-45-26(4,5)14-31-23(37)27(28,29)30/h12,15,19-21,36H,10-11,13-14,16-17H2,1-7H3,(H,31,37)/t19?,20-,21-/m1/s1. The lowest BCUT2D eigenvalue weighted by molar-refractivity contribution is -0.173. The van der Waals surface area contributed by atoms with Gasteiger partial charge < -0.3 is 29.5 Å². The molecule has 1 aliphatic rings. The Hall–Kier alpha value is -1.59. The van der Waals surface area contributed by atoms with E-state index in [1.807, 2.05) is 5.32 Å². The number of alkyl halides is 3. The van der Waals surface area contributed by atoms with E-state index in [2.05, 4.69) is 42.6 Å². The van der Waals surface area contributed by atoms with Crippen molar-refractivity contribution < 1.29 is 37.3 Å². The lowest BCUT2D eigenvalue weighted by atomic mass is 10.2. The number of ether oxygens (including phenoxy) is 3. The number of aliphatic imine (C=N–C) groups is 1. The number of aromatic nitrogens is 2. The molecule has 0 saturated carbocycles. The van der Waals surface area contributed by atoms with E-state index < -0.39 is 41.0 Å². The van der Waals surface area contributed by atoms with E-state index in [0.29, 0.717) is 17.9 Å². The van der Waals surface area contributed by atoms with Crippen LogP contribution in [0.2, 0.25) is 0 Å². The van der Waals surface area contributed by atoms with Gasteiger partial charge in [0.25, 0.3) is 0 Å². The molecule has 254 valence electrons. The van der Waals surface area contributed by atoms with E-state index in [0.717, 1.165) is 0 Å². The Bertz CT molecular complexity index is 1260. The van der Waals surface area contributed by atoms with Crippen LogP contribution in [0.3, 0.4) is 0 Å². The molecule has 2 N–H and O–H groups in total. The van der Waals surface area contributed by atoms with Gasteiger partial charge in [-0.15, -0.1) is 0 Å². The molecule has 0 spiro atoms. The summed E-state index contributed by atoms with van der Waals surface area (Å²) in [7, 11) is 9.32. The van der Waals surface area contributed by atoms with Crippen molar-refractivity contribution in [3.63, 3.8) is 0 Å². The Morgan fingerprint density at radius 2 is 1.93 bits per heavy atom. The van der Waals surface area contributed by atoms with E-state index in [9.17, 15) is 27.9 Å². The minimum absolute atomic E-state index is 0.0153. The highest BCUT2D eigenvalue weighted by molar-refractivity contribution is 8.77. The zero-order chi connectivity index (χ0) is 33.8. The number of rotatable bonds is 15. The Balaban J connectivity index is 2.04. The summed E-state index contributed by atoms with van der Waals surface area (Å²) in [5, 5.41) is 11.7. The van der Waals surface area contributed by atoms with Crippen molar-refractivity contribution in [1.29, 1.82) is 0 Å². The molecule has 1 aromatic heterocycles. The van der Waals surface area contributed by atoms with E-state index in [-0.39, 0.29) is 36.3 Å². The molecule has 0 bridgehead atoms. The van der Waals surface area contributed by atoms with Crippen LogP contribution in [0.15, 0.2) is 16.0 Å². The number of hydrogen-bond acceptors (Lipinski definition) is 12. The number of aliphatic hydroxyl groups is 1. The predicted octanol–water partition coefficient (Wildman–Crippen LogP) is 4.43. The van der Waals surface area contributed by atoms with Crippen LogP contribution >= 0.6 is 43.2 Å². The normalized spacial score (nSPS) is 19.0. The van der Waals surface area contributed by atoms with E-state index in [1.165, 1.54) is 38.7 Å². The van der Waals surface area contributed by atoms with Crippen molar-refractivity contribution in [2.24, 2.45) is 4.99 Å². The molecular formula is C27H40F3N5O6S4. The molecule has 1 aliphatic heterocycles. The van der Waals surface area contributed by atoms with Gasteiger partial charge in [-0.25, -0.2) is 9.79 Å². The Labute approximate surface area is 277 Å².